The third-order valence-electron chi connectivity index (χ3n) is 3.80. The lowest BCUT2D eigenvalue weighted by atomic mass is 10.1. The van der Waals surface area contributed by atoms with Crippen LogP contribution in [0, 0.1) is 0 Å². The van der Waals surface area contributed by atoms with Gasteiger partial charge < -0.3 is 15.3 Å². The first kappa shape index (κ1) is 14.1. The summed E-state index contributed by atoms with van der Waals surface area (Å²) in [6, 6.07) is 11.8. The topological polar surface area (TPSA) is 69.6 Å². The van der Waals surface area contributed by atoms with E-state index in [-0.39, 0.29) is 17.6 Å². The van der Waals surface area contributed by atoms with E-state index in [9.17, 15) is 14.7 Å². The highest BCUT2D eigenvalue weighted by molar-refractivity contribution is 5.99. The number of phenols is 1. The second-order valence-electron chi connectivity index (χ2n) is 5.27. The first-order valence-corrected chi connectivity index (χ1v) is 7.00. The zero-order valence-corrected chi connectivity index (χ0v) is 12.2. The summed E-state index contributed by atoms with van der Waals surface area (Å²) in [6.45, 7) is 0.978. The Balaban J connectivity index is 1.83. The zero-order chi connectivity index (χ0) is 15.7. The van der Waals surface area contributed by atoms with E-state index in [1.54, 1.807) is 48.3 Å². The maximum Gasteiger partial charge on any atom is 0.254 e. The van der Waals surface area contributed by atoms with Gasteiger partial charge in [-0.2, -0.15) is 0 Å². The van der Waals surface area contributed by atoms with Crippen LogP contribution in [-0.2, 0) is 13.1 Å². The van der Waals surface area contributed by atoms with Crippen LogP contribution in [0.5, 0.6) is 5.75 Å². The number of rotatable bonds is 2. The first-order chi connectivity index (χ1) is 10.6. The van der Waals surface area contributed by atoms with Crippen LogP contribution in [-0.4, -0.2) is 28.9 Å². The number of nitrogens with one attached hydrogen (secondary N) is 1. The molecule has 1 heterocycles. The molecule has 112 valence electrons. The van der Waals surface area contributed by atoms with Gasteiger partial charge in [-0.3, -0.25) is 9.59 Å². The number of amides is 2. The SMILES string of the molecule is CNC(=O)c1cccc(C(=O)N2Cc3ccc(O)cc3C2)c1. The molecule has 2 N–H and O–H groups in total. The molecule has 0 atom stereocenters. The van der Waals surface area contributed by atoms with E-state index in [1.165, 1.54) is 0 Å². The number of benzene rings is 2. The van der Waals surface area contributed by atoms with Gasteiger partial charge >= 0.3 is 0 Å². The zero-order valence-electron chi connectivity index (χ0n) is 12.2. The Hall–Kier alpha value is -2.82. The summed E-state index contributed by atoms with van der Waals surface area (Å²) in [5, 5.41) is 12.1. The van der Waals surface area contributed by atoms with Crippen LogP contribution in [0.2, 0.25) is 0 Å². The average Bonchev–Trinajstić information content (AvgIpc) is 2.96. The van der Waals surface area contributed by atoms with E-state index < -0.39 is 0 Å². The Kier molecular flexibility index (Phi) is 3.55. The number of carbonyl (C=O) groups is 2. The van der Waals surface area contributed by atoms with Gasteiger partial charge in [0.1, 0.15) is 5.75 Å². The Labute approximate surface area is 128 Å². The van der Waals surface area contributed by atoms with Gasteiger partial charge in [-0.15, -0.1) is 0 Å². The Morgan fingerprint density at radius 3 is 2.55 bits per heavy atom. The standard InChI is InChI=1S/C17H16N2O3/c1-18-16(21)11-3-2-4-12(7-11)17(22)19-9-13-5-6-15(20)8-14(13)10-19/h2-8,20H,9-10H2,1H3,(H,18,21). The van der Waals surface area contributed by atoms with Crippen molar-refractivity contribution in [2.75, 3.05) is 7.05 Å². The Morgan fingerprint density at radius 2 is 1.77 bits per heavy atom. The van der Waals surface area contributed by atoms with Crippen molar-refractivity contribution in [3.63, 3.8) is 0 Å². The summed E-state index contributed by atoms with van der Waals surface area (Å²) in [4.78, 5) is 26.0. The molecule has 0 fully saturated rings. The summed E-state index contributed by atoms with van der Waals surface area (Å²) >= 11 is 0. The van der Waals surface area contributed by atoms with Crippen molar-refractivity contribution in [1.29, 1.82) is 0 Å². The fourth-order valence-electron chi connectivity index (χ4n) is 2.64. The van der Waals surface area contributed by atoms with E-state index in [1.807, 2.05) is 6.07 Å². The quantitative estimate of drug-likeness (QED) is 0.889. The predicted molar refractivity (Wildman–Crippen MR) is 81.5 cm³/mol. The van der Waals surface area contributed by atoms with Crippen molar-refractivity contribution in [3.05, 3.63) is 64.7 Å². The molecule has 0 aliphatic carbocycles. The molecule has 1 aliphatic rings. The predicted octanol–water partition coefficient (Wildman–Crippen LogP) is 1.91. The lowest BCUT2D eigenvalue weighted by molar-refractivity contribution is 0.0751. The van der Waals surface area contributed by atoms with Gasteiger partial charge in [-0.1, -0.05) is 12.1 Å². The van der Waals surface area contributed by atoms with Crippen molar-refractivity contribution >= 4 is 11.8 Å². The van der Waals surface area contributed by atoms with Crippen LogP contribution in [0.4, 0.5) is 0 Å². The van der Waals surface area contributed by atoms with Crippen molar-refractivity contribution in [1.82, 2.24) is 10.2 Å². The van der Waals surface area contributed by atoms with Gasteiger partial charge in [-0.05, 0) is 41.5 Å². The summed E-state index contributed by atoms with van der Waals surface area (Å²) in [6.07, 6.45) is 0. The Morgan fingerprint density at radius 1 is 1.05 bits per heavy atom. The summed E-state index contributed by atoms with van der Waals surface area (Å²) < 4.78 is 0. The number of phenolic OH excluding ortho intramolecular Hbond substituents is 1. The molecular formula is C17H16N2O3. The molecule has 0 aromatic heterocycles. The minimum absolute atomic E-state index is 0.124. The molecule has 0 saturated heterocycles. The van der Waals surface area contributed by atoms with Gasteiger partial charge in [0, 0.05) is 31.3 Å². The van der Waals surface area contributed by atoms with E-state index in [2.05, 4.69) is 5.32 Å². The molecule has 22 heavy (non-hydrogen) atoms. The molecule has 2 amide bonds. The molecule has 5 heteroatoms. The second kappa shape index (κ2) is 5.52. The number of aromatic hydroxyl groups is 1. The number of carbonyl (C=O) groups excluding carboxylic acids is 2. The van der Waals surface area contributed by atoms with Gasteiger partial charge in [0.2, 0.25) is 0 Å². The largest absolute Gasteiger partial charge is 0.508 e. The third-order valence-corrected chi connectivity index (χ3v) is 3.80. The molecule has 2 aromatic carbocycles. The van der Waals surface area contributed by atoms with Gasteiger partial charge in [0.25, 0.3) is 11.8 Å². The minimum atomic E-state index is -0.218. The van der Waals surface area contributed by atoms with E-state index in [0.29, 0.717) is 24.2 Å². The average molecular weight is 296 g/mol. The fourth-order valence-corrected chi connectivity index (χ4v) is 2.64. The molecular weight excluding hydrogens is 280 g/mol. The highest BCUT2D eigenvalue weighted by atomic mass is 16.3. The Bertz CT molecular complexity index is 755. The van der Waals surface area contributed by atoms with E-state index in [4.69, 9.17) is 0 Å². The summed E-state index contributed by atoms with van der Waals surface area (Å²) in [5.74, 6) is -0.139. The van der Waals surface area contributed by atoms with Gasteiger partial charge in [0.05, 0.1) is 0 Å². The third kappa shape index (κ3) is 2.53. The van der Waals surface area contributed by atoms with Crippen LogP contribution in [0.25, 0.3) is 0 Å². The number of nitrogens with zero attached hydrogens (tertiary/aromatic N) is 1. The first-order valence-electron chi connectivity index (χ1n) is 7.00. The molecule has 0 radical (unpaired) electrons. The smallest absolute Gasteiger partial charge is 0.254 e. The van der Waals surface area contributed by atoms with Crippen LogP contribution in [0.1, 0.15) is 31.8 Å². The molecule has 0 unspecified atom stereocenters. The molecule has 0 saturated carbocycles. The summed E-state index contributed by atoms with van der Waals surface area (Å²) in [5.41, 5.74) is 2.94. The maximum absolute atomic E-state index is 12.6. The molecule has 2 aromatic rings. The highest BCUT2D eigenvalue weighted by Gasteiger charge is 2.24. The van der Waals surface area contributed by atoms with Crippen LogP contribution in [0.15, 0.2) is 42.5 Å². The fraction of sp³-hybridized carbons (Fsp3) is 0.176. The van der Waals surface area contributed by atoms with Gasteiger partial charge in [-0.25, -0.2) is 0 Å². The number of hydrogen-bond acceptors (Lipinski definition) is 3. The van der Waals surface area contributed by atoms with Crippen LogP contribution >= 0.6 is 0 Å². The lowest BCUT2D eigenvalue weighted by Crippen LogP contribution is -2.26. The summed E-state index contributed by atoms with van der Waals surface area (Å²) in [7, 11) is 1.56. The lowest BCUT2D eigenvalue weighted by Gasteiger charge is -2.15. The minimum Gasteiger partial charge on any atom is -0.508 e. The monoisotopic (exact) mass is 296 g/mol. The van der Waals surface area contributed by atoms with E-state index in [0.717, 1.165) is 11.1 Å². The highest BCUT2D eigenvalue weighted by Crippen LogP contribution is 2.27. The second-order valence-corrected chi connectivity index (χ2v) is 5.27. The maximum atomic E-state index is 12.6. The normalized spacial score (nSPS) is 12.9. The van der Waals surface area contributed by atoms with Crippen LogP contribution < -0.4 is 5.32 Å². The van der Waals surface area contributed by atoms with Crippen molar-refractivity contribution in [3.8, 4) is 5.75 Å². The number of hydrogen-bond donors (Lipinski definition) is 2. The molecule has 3 rings (SSSR count). The van der Waals surface area contributed by atoms with Crippen molar-refractivity contribution in [2.24, 2.45) is 0 Å². The van der Waals surface area contributed by atoms with E-state index >= 15 is 0 Å². The molecule has 1 aliphatic heterocycles. The van der Waals surface area contributed by atoms with Crippen LogP contribution in [0.3, 0.4) is 0 Å². The molecule has 0 spiro atoms. The molecule has 5 nitrogen and oxygen atoms in total. The number of fused-ring (bicyclic) bond motifs is 1. The van der Waals surface area contributed by atoms with Crippen molar-refractivity contribution < 1.29 is 14.7 Å². The van der Waals surface area contributed by atoms with Gasteiger partial charge in [0.15, 0.2) is 0 Å². The van der Waals surface area contributed by atoms with Crippen molar-refractivity contribution in [2.45, 2.75) is 13.1 Å². The molecule has 0 bridgehead atoms.